The minimum atomic E-state index is -0.303. The topological polar surface area (TPSA) is 50.4 Å². The summed E-state index contributed by atoms with van der Waals surface area (Å²) >= 11 is 8.74. The molecule has 0 aliphatic heterocycles. The smallest absolute Gasteiger partial charge is 0.261 e. The van der Waals surface area contributed by atoms with Gasteiger partial charge in [-0.15, -0.1) is 0 Å². The van der Waals surface area contributed by atoms with Crippen LogP contribution in [0, 0.1) is 0 Å². The molecule has 0 aromatic heterocycles. The summed E-state index contributed by atoms with van der Waals surface area (Å²) in [6, 6.07) is 15.4. The van der Waals surface area contributed by atoms with Crippen LogP contribution in [0.4, 0.5) is 0 Å². The van der Waals surface area contributed by atoms with E-state index in [9.17, 15) is 4.79 Å². The predicted octanol–water partition coefficient (Wildman–Crippen LogP) is 4.99. The van der Waals surface area contributed by atoms with E-state index in [0.717, 1.165) is 16.5 Å². The average molecular weight is 435 g/mol. The van der Waals surface area contributed by atoms with Crippen LogP contribution in [-0.2, 0) is 0 Å². The molecule has 0 spiro atoms. The van der Waals surface area contributed by atoms with E-state index in [1.807, 2.05) is 50.2 Å². The molecule has 0 saturated carbocycles. The lowest BCUT2D eigenvalue weighted by Crippen LogP contribution is -2.41. The number of hydrogen-bond donors (Lipinski definition) is 2. The number of carbonyl (C=O) groups excluding carboxylic acids is 1. The Hall–Kier alpha value is -1.92. The number of amides is 1. The lowest BCUT2D eigenvalue weighted by Gasteiger charge is -2.20. The van der Waals surface area contributed by atoms with Crippen molar-refractivity contribution in [1.29, 1.82) is 0 Å². The van der Waals surface area contributed by atoms with Crippen LogP contribution in [0.15, 0.2) is 53.0 Å². The van der Waals surface area contributed by atoms with Gasteiger partial charge in [0.1, 0.15) is 5.75 Å². The summed E-state index contributed by atoms with van der Waals surface area (Å²) < 4.78 is 6.53. The van der Waals surface area contributed by atoms with Crippen LogP contribution >= 0.6 is 28.1 Å². The number of carbonyl (C=O) groups is 1. The lowest BCUT2D eigenvalue weighted by molar-refractivity contribution is 0.0970. The molecule has 0 radical (unpaired) electrons. The monoisotopic (exact) mass is 434 g/mol. The molecule has 0 aliphatic carbocycles. The van der Waals surface area contributed by atoms with Crippen LogP contribution in [0.5, 0.6) is 5.75 Å². The van der Waals surface area contributed by atoms with Crippen molar-refractivity contribution in [3.8, 4) is 5.75 Å². The number of rotatable bonds is 6. The summed E-state index contributed by atoms with van der Waals surface area (Å²) in [6.45, 7) is 5.90. The van der Waals surface area contributed by atoms with Crippen molar-refractivity contribution in [3.63, 3.8) is 0 Å². The van der Waals surface area contributed by atoms with Crippen molar-refractivity contribution in [1.82, 2.24) is 10.6 Å². The van der Waals surface area contributed by atoms with E-state index >= 15 is 0 Å². The van der Waals surface area contributed by atoms with Gasteiger partial charge in [-0.1, -0.05) is 53.2 Å². The van der Waals surface area contributed by atoms with E-state index < -0.39 is 0 Å². The molecule has 1 unspecified atom stereocenters. The summed E-state index contributed by atoms with van der Waals surface area (Å²) in [7, 11) is 0. The molecule has 4 nitrogen and oxygen atoms in total. The highest BCUT2D eigenvalue weighted by Crippen LogP contribution is 2.24. The SMILES string of the molecule is CCC(NC(=S)NC(=O)c1cc(Br)ccc1OC(C)C)c1ccccc1. The van der Waals surface area contributed by atoms with E-state index in [4.69, 9.17) is 17.0 Å². The minimum Gasteiger partial charge on any atom is -0.490 e. The molecule has 2 aromatic carbocycles. The van der Waals surface area contributed by atoms with Gasteiger partial charge in [0, 0.05) is 4.47 Å². The average Bonchev–Trinajstić information content (AvgIpc) is 2.61. The molecule has 26 heavy (non-hydrogen) atoms. The quantitative estimate of drug-likeness (QED) is 0.628. The number of nitrogens with one attached hydrogen (secondary N) is 2. The Morgan fingerprint density at radius 3 is 2.50 bits per heavy atom. The van der Waals surface area contributed by atoms with Gasteiger partial charge in [-0.2, -0.15) is 0 Å². The number of hydrogen-bond acceptors (Lipinski definition) is 3. The fourth-order valence-electron chi connectivity index (χ4n) is 2.51. The van der Waals surface area contributed by atoms with Gasteiger partial charge < -0.3 is 10.1 Å². The zero-order chi connectivity index (χ0) is 19.1. The Bertz CT molecular complexity index is 766. The normalized spacial score (nSPS) is 11.7. The Kier molecular flexibility index (Phi) is 7.60. The Balaban J connectivity index is 2.09. The number of thiocarbonyl (C=S) groups is 1. The maximum atomic E-state index is 12.7. The molecule has 0 bridgehead atoms. The molecular weight excluding hydrogens is 412 g/mol. The molecule has 0 aliphatic rings. The molecule has 0 heterocycles. The largest absolute Gasteiger partial charge is 0.490 e. The van der Waals surface area contributed by atoms with Gasteiger partial charge in [-0.05, 0) is 56.2 Å². The molecule has 1 atom stereocenters. The van der Waals surface area contributed by atoms with Crippen LogP contribution in [0.25, 0.3) is 0 Å². The molecule has 2 rings (SSSR count). The first kappa shape index (κ1) is 20.4. The zero-order valence-corrected chi connectivity index (χ0v) is 17.5. The first-order chi connectivity index (χ1) is 12.4. The first-order valence-electron chi connectivity index (χ1n) is 8.53. The van der Waals surface area contributed by atoms with Gasteiger partial charge in [0.2, 0.25) is 0 Å². The standard InChI is InChI=1S/C20H23BrN2O2S/c1-4-17(14-8-6-5-7-9-14)22-20(26)23-19(24)16-12-15(21)10-11-18(16)25-13(2)3/h5-13,17H,4H2,1-3H3,(H2,22,23,24,26). The molecule has 0 saturated heterocycles. The molecule has 0 fully saturated rings. The third-order valence-electron chi connectivity index (χ3n) is 3.69. The summed E-state index contributed by atoms with van der Waals surface area (Å²) in [4.78, 5) is 12.7. The highest BCUT2D eigenvalue weighted by molar-refractivity contribution is 9.10. The van der Waals surface area contributed by atoms with E-state index in [1.165, 1.54) is 0 Å². The summed E-state index contributed by atoms with van der Waals surface area (Å²) in [5, 5.41) is 6.25. The van der Waals surface area contributed by atoms with Gasteiger partial charge in [0.25, 0.3) is 5.91 Å². The molecule has 2 N–H and O–H groups in total. The zero-order valence-electron chi connectivity index (χ0n) is 15.1. The fraction of sp³-hybridized carbons (Fsp3) is 0.300. The Labute approximate surface area is 168 Å². The van der Waals surface area contributed by atoms with Crippen molar-refractivity contribution in [3.05, 3.63) is 64.1 Å². The second-order valence-corrected chi connectivity index (χ2v) is 7.43. The number of halogens is 1. The van der Waals surface area contributed by atoms with Crippen molar-refractivity contribution in [2.75, 3.05) is 0 Å². The Morgan fingerprint density at radius 2 is 1.88 bits per heavy atom. The van der Waals surface area contributed by atoms with E-state index in [0.29, 0.717) is 16.4 Å². The van der Waals surface area contributed by atoms with Crippen LogP contribution < -0.4 is 15.4 Å². The molecule has 1 amide bonds. The molecule has 6 heteroatoms. The van der Waals surface area contributed by atoms with Crippen molar-refractivity contribution < 1.29 is 9.53 Å². The summed E-state index contributed by atoms with van der Waals surface area (Å²) in [5.74, 6) is 0.223. The van der Waals surface area contributed by atoms with Crippen LogP contribution in [0.3, 0.4) is 0 Å². The van der Waals surface area contributed by atoms with Crippen molar-refractivity contribution in [2.45, 2.75) is 39.3 Å². The van der Waals surface area contributed by atoms with Crippen LogP contribution in [-0.4, -0.2) is 17.1 Å². The second kappa shape index (κ2) is 9.69. The molecule has 138 valence electrons. The van der Waals surface area contributed by atoms with Crippen LogP contribution in [0.2, 0.25) is 0 Å². The third kappa shape index (κ3) is 5.81. The minimum absolute atomic E-state index is 0.0321. The van der Waals surface area contributed by atoms with Crippen molar-refractivity contribution in [2.24, 2.45) is 0 Å². The highest BCUT2D eigenvalue weighted by atomic mass is 79.9. The lowest BCUT2D eigenvalue weighted by atomic mass is 10.1. The summed E-state index contributed by atoms with van der Waals surface area (Å²) in [5.41, 5.74) is 1.56. The maximum absolute atomic E-state index is 12.7. The third-order valence-corrected chi connectivity index (χ3v) is 4.40. The number of benzene rings is 2. The van der Waals surface area contributed by atoms with E-state index in [2.05, 4.69) is 33.5 Å². The molecule has 2 aromatic rings. The maximum Gasteiger partial charge on any atom is 0.261 e. The van der Waals surface area contributed by atoms with Gasteiger partial charge in [0.05, 0.1) is 17.7 Å². The van der Waals surface area contributed by atoms with Gasteiger partial charge >= 0.3 is 0 Å². The predicted molar refractivity (Wildman–Crippen MR) is 113 cm³/mol. The number of ether oxygens (including phenoxy) is 1. The fourth-order valence-corrected chi connectivity index (χ4v) is 3.10. The van der Waals surface area contributed by atoms with Gasteiger partial charge in [-0.3, -0.25) is 10.1 Å². The van der Waals surface area contributed by atoms with E-state index in [-0.39, 0.29) is 18.1 Å². The Morgan fingerprint density at radius 1 is 1.19 bits per heavy atom. The molecular formula is C20H23BrN2O2S. The highest BCUT2D eigenvalue weighted by Gasteiger charge is 2.17. The summed E-state index contributed by atoms with van der Waals surface area (Å²) in [6.07, 6.45) is 0.814. The van der Waals surface area contributed by atoms with Crippen molar-refractivity contribution >= 4 is 39.2 Å². The van der Waals surface area contributed by atoms with E-state index in [1.54, 1.807) is 12.1 Å². The van der Waals surface area contributed by atoms with Gasteiger partial charge in [0.15, 0.2) is 5.11 Å². The first-order valence-corrected chi connectivity index (χ1v) is 9.73. The van der Waals surface area contributed by atoms with Crippen LogP contribution in [0.1, 0.15) is 49.2 Å². The second-order valence-electron chi connectivity index (χ2n) is 6.11. The van der Waals surface area contributed by atoms with Gasteiger partial charge in [-0.25, -0.2) is 0 Å².